The smallest absolute Gasteiger partial charge is 0.306 e. The Balaban J connectivity index is 2.01. The molecule has 0 saturated carbocycles. The summed E-state index contributed by atoms with van der Waals surface area (Å²) >= 11 is 0. The highest BCUT2D eigenvalue weighted by atomic mass is 16.5. The molecule has 1 fully saturated rings. The molecule has 23 heavy (non-hydrogen) atoms. The molecule has 0 N–H and O–H groups in total. The zero-order valence-corrected chi connectivity index (χ0v) is 14.6. The largest absolute Gasteiger partial charge is 0.497 e. The molecular weight excluding hydrogens is 290 g/mol. The monoisotopic (exact) mass is 317 g/mol. The third-order valence-electron chi connectivity index (χ3n) is 5.89. The minimum Gasteiger partial charge on any atom is -0.497 e. The Morgan fingerprint density at radius 2 is 2.22 bits per heavy atom. The first-order chi connectivity index (χ1) is 11.0. The van der Waals surface area contributed by atoms with E-state index in [1.165, 1.54) is 11.1 Å². The van der Waals surface area contributed by atoms with Crippen LogP contribution in [-0.4, -0.2) is 44.2 Å². The van der Waals surface area contributed by atoms with Crippen molar-refractivity contribution >= 4 is 5.97 Å². The van der Waals surface area contributed by atoms with Gasteiger partial charge in [0.15, 0.2) is 0 Å². The lowest BCUT2D eigenvalue weighted by atomic mass is 9.57. The highest BCUT2D eigenvalue weighted by Gasteiger charge is 2.50. The van der Waals surface area contributed by atoms with Gasteiger partial charge in [0, 0.05) is 6.04 Å². The van der Waals surface area contributed by atoms with Crippen molar-refractivity contribution < 1.29 is 14.3 Å². The molecule has 3 atom stereocenters. The third-order valence-corrected chi connectivity index (χ3v) is 5.89. The summed E-state index contributed by atoms with van der Waals surface area (Å²) in [5, 5.41) is 0. The number of methoxy groups -OCH3 is 1. The van der Waals surface area contributed by atoms with Gasteiger partial charge in [-0.25, -0.2) is 0 Å². The number of rotatable bonds is 4. The fourth-order valence-electron chi connectivity index (χ4n) is 4.50. The zero-order chi connectivity index (χ0) is 16.6. The third kappa shape index (κ3) is 2.74. The molecule has 1 unspecified atom stereocenters. The first-order valence-corrected chi connectivity index (χ1v) is 8.53. The first kappa shape index (κ1) is 16.3. The van der Waals surface area contributed by atoms with Gasteiger partial charge in [-0.2, -0.15) is 0 Å². The molecule has 4 nitrogen and oxygen atoms in total. The summed E-state index contributed by atoms with van der Waals surface area (Å²) in [6, 6.07) is 6.82. The molecule has 0 spiro atoms. The molecule has 0 amide bonds. The van der Waals surface area contributed by atoms with E-state index < -0.39 is 0 Å². The average molecular weight is 317 g/mol. The van der Waals surface area contributed by atoms with Gasteiger partial charge in [0.2, 0.25) is 0 Å². The average Bonchev–Trinajstić information content (AvgIpc) is 2.54. The molecule has 3 rings (SSSR count). The van der Waals surface area contributed by atoms with Crippen LogP contribution in [0, 0.1) is 5.92 Å². The van der Waals surface area contributed by atoms with Gasteiger partial charge in [0.05, 0.1) is 20.1 Å². The number of ether oxygens (including phenoxy) is 2. The molecule has 1 aliphatic heterocycles. The van der Waals surface area contributed by atoms with Crippen molar-refractivity contribution in [1.29, 1.82) is 0 Å². The minimum atomic E-state index is -0.0737. The lowest BCUT2D eigenvalue weighted by Crippen LogP contribution is -2.58. The van der Waals surface area contributed by atoms with Crippen LogP contribution in [0.1, 0.15) is 37.8 Å². The second-order valence-corrected chi connectivity index (χ2v) is 7.06. The summed E-state index contributed by atoms with van der Waals surface area (Å²) in [5.74, 6) is 1.12. The number of carbonyl (C=O) groups is 1. The minimum absolute atomic E-state index is 0.00601. The maximum absolute atomic E-state index is 12.2. The fourth-order valence-corrected chi connectivity index (χ4v) is 4.50. The van der Waals surface area contributed by atoms with Crippen LogP contribution in [0.25, 0.3) is 0 Å². The maximum Gasteiger partial charge on any atom is 0.306 e. The standard InChI is InChI=1S/C19H27NO3/c1-5-23-18(21)12-16-17-10-13-6-7-14(22-4)11-15(13)19(16,2)8-9-20(17)3/h6-7,11,16-17H,5,8-10,12H2,1-4H3/t16-,17?,19+/m0/s1. The Morgan fingerprint density at radius 3 is 2.91 bits per heavy atom. The number of esters is 1. The van der Waals surface area contributed by atoms with Gasteiger partial charge in [-0.15, -0.1) is 0 Å². The predicted octanol–water partition coefficient (Wildman–Crippen LogP) is 2.78. The van der Waals surface area contributed by atoms with Crippen molar-refractivity contribution in [3.05, 3.63) is 29.3 Å². The van der Waals surface area contributed by atoms with Crippen LogP contribution in [0.2, 0.25) is 0 Å². The summed E-state index contributed by atoms with van der Waals surface area (Å²) in [6.07, 6.45) is 2.55. The summed E-state index contributed by atoms with van der Waals surface area (Å²) in [4.78, 5) is 14.6. The number of hydrogen-bond acceptors (Lipinski definition) is 4. The number of hydrogen-bond donors (Lipinski definition) is 0. The highest BCUT2D eigenvalue weighted by molar-refractivity contribution is 5.70. The molecule has 0 radical (unpaired) electrons. The molecule has 2 aliphatic rings. The van der Waals surface area contributed by atoms with E-state index in [0.29, 0.717) is 25.0 Å². The summed E-state index contributed by atoms with van der Waals surface area (Å²) in [5.41, 5.74) is 2.76. The van der Waals surface area contributed by atoms with E-state index in [1.54, 1.807) is 7.11 Å². The lowest BCUT2D eigenvalue weighted by Gasteiger charge is -2.54. The molecule has 4 heteroatoms. The second-order valence-electron chi connectivity index (χ2n) is 7.06. The first-order valence-electron chi connectivity index (χ1n) is 8.53. The van der Waals surface area contributed by atoms with Crippen molar-refractivity contribution in [1.82, 2.24) is 4.90 Å². The summed E-state index contributed by atoms with van der Waals surface area (Å²) < 4.78 is 10.7. The molecule has 0 aromatic heterocycles. The van der Waals surface area contributed by atoms with E-state index in [-0.39, 0.29) is 11.4 Å². The zero-order valence-electron chi connectivity index (χ0n) is 14.6. The SMILES string of the molecule is CCOC(=O)C[C@H]1C2Cc3ccc(OC)cc3[C@@]1(C)CCN2C. The molecule has 2 bridgehead atoms. The molecule has 1 aromatic carbocycles. The number of benzene rings is 1. The van der Waals surface area contributed by atoms with Crippen LogP contribution >= 0.6 is 0 Å². The van der Waals surface area contributed by atoms with Gasteiger partial charge in [-0.3, -0.25) is 4.79 Å². The van der Waals surface area contributed by atoms with E-state index in [9.17, 15) is 4.79 Å². The second kappa shape index (κ2) is 6.16. The van der Waals surface area contributed by atoms with Gasteiger partial charge in [-0.05, 0) is 68.0 Å². The Labute approximate surface area is 138 Å². The number of fused-ring (bicyclic) bond motifs is 4. The molecule has 1 heterocycles. The molecule has 126 valence electrons. The normalized spacial score (nSPS) is 29.7. The summed E-state index contributed by atoms with van der Waals surface area (Å²) in [6.45, 7) is 5.70. The number of likely N-dealkylation sites (N-methyl/N-ethyl adjacent to an activating group) is 1. The Morgan fingerprint density at radius 1 is 1.43 bits per heavy atom. The molecular formula is C19H27NO3. The Bertz CT molecular complexity index is 600. The van der Waals surface area contributed by atoms with E-state index in [0.717, 1.165) is 25.1 Å². The number of nitrogens with zero attached hydrogens (tertiary/aromatic N) is 1. The van der Waals surface area contributed by atoms with E-state index in [2.05, 4.69) is 31.0 Å². The Hall–Kier alpha value is -1.55. The van der Waals surface area contributed by atoms with Crippen LogP contribution in [-0.2, 0) is 21.4 Å². The summed E-state index contributed by atoms with van der Waals surface area (Å²) in [7, 11) is 3.89. The molecule has 1 aromatic rings. The lowest BCUT2D eigenvalue weighted by molar-refractivity contribution is -0.146. The number of carbonyl (C=O) groups excluding carboxylic acids is 1. The Kier molecular flexibility index (Phi) is 4.37. The fraction of sp³-hybridized carbons (Fsp3) is 0.632. The quantitative estimate of drug-likeness (QED) is 0.801. The van der Waals surface area contributed by atoms with Gasteiger partial charge < -0.3 is 14.4 Å². The maximum atomic E-state index is 12.2. The van der Waals surface area contributed by atoms with Crippen LogP contribution in [0.15, 0.2) is 18.2 Å². The van der Waals surface area contributed by atoms with E-state index in [1.807, 2.05) is 13.0 Å². The van der Waals surface area contributed by atoms with Crippen molar-refractivity contribution in [2.75, 3.05) is 27.3 Å². The highest BCUT2D eigenvalue weighted by Crippen LogP contribution is 2.50. The molecule has 1 aliphatic carbocycles. The van der Waals surface area contributed by atoms with Crippen LogP contribution in [0.5, 0.6) is 5.75 Å². The van der Waals surface area contributed by atoms with Crippen LogP contribution < -0.4 is 4.74 Å². The van der Waals surface area contributed by atoms with E-state index in [4.69, 9.17) is 9.47 Å². The molecule has 1 saturated heterocycles. The van der Waals surface area contributed by atoms with Crippen molar-refractivity contribution in [3.8, 4) is 5.75 Å². The van der Waals surface area contributed by atoms with Gasteiger partial charge in [0.1, 0.15) is 5.75 Å². The van der Waals surface area contributed by atoms with Gasteiger partial charge >= 0.3 is 5.97 Å². The van der Waals surface area contributed by atoms with Crippen molar-refractivity contribution in [2.45, 2.75) is 44.6 Å². The number of piperidine rings is 1. The van der Waals surface area contributed by atoms with Gasteiger partial charge in [-0.1, -0.05) is 13.0 Å². The van der Waals surface area contributed by atoms with Crippen molar-refractivity contribution in [2.24, 2.45) is 5.92 Å². The topological polar surface area (TPSA) is 38.8 Å². The van der Waals surface area contributed by atoms with Crippen LogP contribution in [0.3, 0.4) is 0 Å². The van der Waals surface area contributed by atoms with E-state index >= 15 is 0 Å². The van der Waals surface area contributed by atoms with Gasteiger partial charge in [0.25, 0.3) is 0 Å². The number of likely N-dealkylation sites (tertiary alicyclic amines) is 1. The van der Waals surface area contributed by atoms with Crippen LogP contribution in [0.4, 0.5) is 0 Å². The van der Waals surface area contributed by atoms with Crippen molar-refractivity contribution in [3.63, 3.8) is 0 Å². The predicted molar refractivity (Wildman–Crippen MR) is 89.8 cm³/mol.